The van der Waals surface area contributed by atoms with Gasteiger partial charge in [-0.1, -0.05) is 19.3 Å². The first kappa shape index (κ1) is 9.78. The summed E-state index contributed by atoms with van der Waals surface area (Å²) in [5, 5.41) is 3.53. The van der Waals surface area contributed by atoms with Gasteiger partial charge in [0.2, 0.25) is 0 Å². The van der Waals surface area contributed by atoms with E-state index in [-0.39, 0.29) is 0 Å². The fourth-order valence-electron chi connectivity index (χ4n) is 2.28. The van der Waals surface area contributed by atoms with Crippen molar-refractivity contribution in [3.8, 4) is 0 Å². The van der Waals surface area contributed by atoms with Gasteiger partial charge in [-0.05, 0) is 37.4 Å². The minimum absolute atomic E-state index is 0.929. The molecule has 1 aliphatic carbocycles. The first-order valence-corrected chi connectivity index (χ1v) is 5.78. The zero-order chi connectivity index (χ0) is 9.64. The molecule has 1 aromatic rings. The van der Waals surface area contributed by atoms with E-state index in [0.29, 0.717) is 0 Å². The first-order valence-electron chi connectivity index (χ1n) is 5.78. The Hall–Kier alpha value is -0.760. The van der Waals surface area contributed by atoms with Crippen molar-refractivity contribution in [3.05, 3.63) is 24.0 Å². The van der Waals surface area contributed by atoms with Crippen LogP contribution in [0.15, 0.2) is 18.3 Å². The van der Waals surface area contributed by atoms with Crippen LogP contribution in [0.25, 0.3) is 0 Å². The van der Waals surface area contributed by atoms with Gasteiger partial charge in [0.05, 0.1) is 0 Å². The van der Waals surface area contributed by atoms with Crippen LogP contribution in [0.4, 0.5) is 0 Å². The molecule has 78 valence electrons. The van der Waals surface area contributed by atoms with Crippen molar-refractivity contribution in [2.45, 2.75) is 38.6 Å². The van der Waals surface area contributed by atoms with Crippen molar-refractivity contribution in [1.82, 2.24) is 10.3 Å². The topological polar surface area (TPSA) is 27.8 Å². The zero-order valence-electron chi connectivity index (χ0n) is 8.76. The van der Waals surface area contributed by atoms with Gasteiger partial charge in [0, 0.05) is 18.4 Å². The van der Waals surface area contributed by atoms with Crippen LogP contribution in [0.2, 0.25) is 0 Å². The van der Waals surface area contributed by atoms with Crippen molar-refractivity contribution in [2.75, 3.05) is 6.54 Å². The van der Waals surface area contributed by atoms with Crippen LogP contribution in [-0.2, 0) is 6.54 Å². The van der Waals surface area contributed by atoms with Crippen molar-refractivity contribution < 1.29 is 0 Å². The van der Waals surface area contributed by atoms with Crippen LogP contribution in [0, 0.1) is 5.92 Å². The number of hydrogen-bond donors (Lipinski definition) is 2. The van der Waals surface area contributed by atoms with Crippen molar-refractivity contribution in [2.24, 2.45) is 5.92 Å². The molecule has 1 aliphatic rings. The number of aromatic nitrogens is 1. The van der Waals surface area contributed by atoms with Crippen molar-refractivity contribution >= 4 is 0 Å². The second kappa shape index (κ2) is 5.20. The molecular weight excluding hydrogens is 172 g/mol. The van der Waals surface area contributed by atoms with Gasteiger partial charge in [0.25, 0.3) is 0 Å². The van der Waals surface area contributed by atoms with E-state index in [4.69, 9.17) is 0 Å². The fraction of sp³-hybridized carbons (Fsp3) is 0.667. The predicted molar refractivity (Wildman–Crippen MR) is 59.1 cm³/mol. The van der Waals surface area contributed by atoms with Crippen LogP contribution in [0.5, 0.6) is 0 Å². The summed E-state index contributed by atoms with van der Waals surface area (Å²) in [7, 11) is 0. The smallest absolute Gasteiger partial charge is 0.0357 e. The molecule has 0 aromatic carbocycles. The largest absolute Gasteiger partial charge is 0.364 e. The third-order valence-electron chi connectivity index (χ3n) is 3.14. The highest BCUT2D eigenvalue weighted by molar-refractivity contribution is 5.02. The van der Waals surface area contributed by atoms with E-state index in [9.17, 15) is 0 Å². The first-order chi connectivity index (χ1) is 6.95. The van der Waals surface area contributed by atoms with E-state index in [1.165, 1.54) is 44.3 Å². The minimum atomic E-state index is 0.929. The molecule has 14 heavy (non-hydrogen) atoms. The normalized spacial score (nSPS) is 18.6. The molecule has 0 saturated heterocycles. The second-order valence-corrected chi connectivity index (χ2v) is 4.33. The molecule has 0 bridgehead atoms. The summed E-state index contributed by atoms with van der Waals surface area (Å²) < 4.78 is 0. The van der Waals surface area contributed by atoms with Crippen LogP contribution in [0.1, 0.15) is 37.8 Å². The van der Waals surface area contributed by atoms with Crippen molar-refractivity contribution in [1.29, 1.82) is 0 Å². The summed E-state index contributed by atoms with van der Waals surface area (Å²) >= 11 is 0. The molecule has 1 heterocycles. The summed E-state index contributed by atoms with van der Waals surface area (Å²) in [6.45, 7) is 2.18. The molecule has 1 fully saturated rings. The molecule has 1 saturated carbocycles. The molecule has 2 nitrogen and oxygen atoms in total. The standard InChI is InChI=1S/C12H20N2/c1-2-5-11(6-3-1)9-13-10-12-7-4-8-14-12/h4,7-8,11,13-14H,1-3,5-6,9-10H2. The molecule has 0 spiro atoms. The number of nitrogens with one attached hydrogen (secondary N) is 2. The fourth-order valence-corrected chi connectivity index (χ4v) is 2.28. The maximum Gasteiger partial charge on any atom is 0.0357 e. The SMILES string of the molecule is c1c[nH]c(CNCC2CCCCC2)c1. The Bertz CT molecular complexity index is 235. The van der Waals surface area contributed by atoms with Gasteiger partial charge < -0.3 is 10.3 Å². The van der Waals surface area contributed by atoms with Gasteiger partial charge >= 0.3 is 0 Å². The molecule has 0 atom stereocenters. The maximum absolute atomic E-state index is 3.53. The van der Waals surface area contributed by atoms with E-state index in [0.717, 1.165) is 12.5 Å². The molecule has 0 amide bonds. The highest BCUT2D eigenvalue weighted by Crippen LogP contribution is 2.22. The van der Waals surface area contributed by atoms with Crippen LogP contribution in [0.3, 0.4) is 0 Å². The number of aromatic amines is 1. The average molecular weight is 192 g/mol. The Balaban J connectivity index is 1.62. The second-order valence-electron chi connectivity index (χ2n) is 4.33. The summed E-state index contributed by atoms with van der Waals surface area (Å²) in [6, 6.07) is 4.19. The maximum atomic E-state index is 3.53. The molecule has 1 aromatic heterocycles. The summed E-state index contributed by atoms with van der Waals surface area (Å²) in [5.41, 5.74) is 1.29. The van der Waals surface area contributed by atoms with E-state index in [1.807, 2.05) is 6.20 Å². The lowest BCUT2D eigenvalue weighted by molar-refractivity contribution is 0.341. The Morgan fingerprint density at radius 2 is 2.14 bits per heavy atom. The van der Waals surface area contributed by atoms with E-state index < -0.39 is 0 Å². The molecule has 2 rings (SSSR count). The summed E-state index contributed by atoms with van der Waals surface area (Å²) in [5.74, 6) is 0.929. The van der Waals surface area contributed by atoms with Crippen LogP contribution in [-0.4, -0.2) is 11.5 Å². The quantitative estimate of drug-likeness (QED) is 0.754. The lowest BCUT2D eigenvalue weighted by Crippen LogP contribution is -2.24. The van der Waals surface area contributed by atoms with Crippen LogP contribution < -0.4 is 5.32 Å². The molecule has 0 aliphatic heterocycles. The van der Waals surface area contributed by atoms with Gasteiger partial charge in [-0.25, -0.2) is 0 Å². The monoisotopic (exact) mass is 192 g/mol. The van der Waals surface area contributed by atoms with E-state index in [1.54, 1.807) is 0 Å². The lowest BCUT2D eigenvalue weighted by Gasteiger charge is -2.21. The van der Waals surface area contributed by atoms with Gasteiger partial charge in [0.15, 0.2) is 0 Å². The number of hydrogen-bond acceptors (Lipinski definition) is 1. The van der Waals surface area contributed by atoms with E-state index in [2.05, 4.69) is 22.4 Å². The lowest BCUT2D eigenvalue weighted by atomic mass is 9.89. The Labute approximate surface area is 86.1 Å². The molecule has 0 unspecified atom stereocenters. The molecule has 0 radical (unpaired) electrons. The highest BCUT2D eigenvalue weighted by atomic mass is 14.9. The van der Waals surface area contributed by atoms with Gasteiger partial charge in [-0.15, -0.1) is 0 Å². The zero-order valence-corrected chi connectivity index (χ0v) is 8.76. The number of H-pyrrole nitrogens is 1. The minimum Gasteiger partial charge on any atom is -0.364 e. The Morgan fingerprint density at radius 3 is 2.86 bits per heavy atom. The highest BCUT2D eigenvalue weighted by Gasteiger charge is 2.12. The van der Waals surface area contributed by atoms with Gasteiger partial charge in [0.1, 0.15) is 0 Å². The molecule has 2 heteroatoms. The third kappa shape index (κ3) is 2.88. The predicted octanol–water partition coefficient (Wildman–Crippen LogP) is 2.68. The summed E-state index contributed by atoms with van der Waals surface area (Å²) in [4.78, 5) is 3.21. The van der Waals surface area contributed by atoms with Crippen molar-refractivity contribution in [3.63, 3.8) is 0 Å². The Kier molecular flexibility index (Phi) is 3.64. The Morgan fingerprint density at radius 1 is 1.29 bits per heavy atom. The van der Waals surface area contributed by atoms with E-state index >= 15 is 0 Å². The van der Waals surface area contributed by atoms with Gasteiger partial charge in [-0.3, -0.25) is 0 Å². The van der Waals surface area contributed by atoms with Gasteiger partial charge in [-0.2, -0.15) is 0 Å². The average Bonchev–Trinajstić information content (AvgIpc) is 2.72. The number of rotatable bonds is 4. The summed E-state index contributed by atoms with van der Waals surface area (Å²) in [6.07, 6.45) is 9.17. The van der Waals surface area contributed by atoms with Crippen LogP contribution >= 0.6 is 0 Å². The molecule has 2 N–H and O–H groups in total. The third-order valence-corrected chi connectivity index (χ3v) is 3.14. The molecular formula is C12H20N2.